The third-order valence-electron chi connectivity index (χ3n) is 3.55. The first kappa shape index (κ1) is 25.0. The normalized spacial score (nSPS) is 16.6. The van der Waals surface area contributed by atoms with E-state index in [1.165, 1.54) is 25.7 Å². The topological polar surface area (TPSA) is 58.6 Å². The van der Waals surface area contributed by atoms with E-state index in [2.05, 4.69) is 13.8 Å². The summed E-state index contributed by atoms with van der Waals surface area (Å²) in [5, 5.41) is 0. The molecule has 0 spiro atoms. The molecule has 0 saturated carbocycles. The Morgan fingerprint density at radius 3 is 1.50 bits per heavy atom. The van der Waals surface area contributed by atoms with Gasteiger partial charge in [0.15, 0.2) is 0 Å². The molecule has 6 heteroatoms. The van der Waals surface area contributed by atoms with E-state index in [0.29, 0.717) is 0 Å². The van der Waals surface area contributed by atoms with E-state index in [0.717, 1.165) is 38.5 Å². The minimum atomic E-state index is -4.17. The van der Waals surface area contributed by atoms with Crippen LogP contribution >= 0.6 is 7.82 Å². The standard InChI is InChI=1S/C16H35O4P.Mo/c1-5-7-9-11-13-15(3)19-21(17,18)20-16(4)14-12-10-8-6-2;/h15-16H,5-14H2,1-4H3,(H,17,18);/p-1. The van der Waals surface area contributed by atoms with Crippen LogP contribution in [-0.2, 0) is 34.7 Å². The van der Waals surface area contributed by atoms with E-state index in [1.807, 2.05) is 0 Å². The second-order valence-corrected chi connectivity index (χ2v) is 7.29. The molecule has 0 N–H and O–H groups in total. The van der Waals surface area contributed by atoms with E-state index < -0.39 is 7.82 Å². The Morgan fingerprint density at radius 2 is 1.18 bits per heavy atom. The minimum absolute atomic E-state index is 0. The summed E-state index contributed by atoms with van der Waals surface area (Å²) < 4.78 is 22.0. The van der Waals surface area contributed by atoms with Crippen LogP contribution in [0.25, 0.3) is 0 Å². The summed E-state index contributed by atoms with van der Waals surface area (Å²) in [4.78, 5) is 11.8. The Labute approximate surface area is 151 Å². The molecule has 0 bridgehead atoms. The molecule has 0 rings (SSSR count). The smallest absolute Gasteiger partial charge is 0.268 e. The number of phosphoric ester groups is 1. The number of hydrogen-bond donors (Lipinski definition) is 0. The number of rotatable bonds is 14. The molecule has 0 aliphatic carbocycles. The minimum Gasteiger partial charge on any atom is -0.756 e. The number of phosphoric acid groups is 1. The van der Waals surface area contributed by atoms with Crippen molar-refractivity contribution in [2.75, 3.05) is 0 Å². The van der Waals surface area contributed by atoms with Gasteiger partial charge in [-0.25, -0.2) is 0 Å². The van der Waals surface area contributed by atoms with Crippen LogP contribution in [0.4, 0.5) is 0 Å². The van der Waals surface area contributed by atoms with Gasteiger partial charge in [-0.2, -0.15) is 0 Å². The van der Waals surface area contributed by atoms with Gasteiger partial charge in [-0.1, -0.05) is 65.2 Å². The first-order valence-electron chi connectivity index (χ1n) is 8.59. The van der Waals surface area contributed by atoms with Crippen LogP contribution < -0.4 is 4.89 Å². The quantitative estimate of drug-likeness (QED) is 0.221. The zero-order valence-electron chi connectivity index (χ0n) is 14.7. The SMILES string of the molecule is CCCCCCC(C)OP(=O)([O-])OC(C)CCCCCC.[Mo]. The molecule has 2 atom stereocenters. The maximum Gasteiger partial charge on any atom is 0.268 e. The molecule has 22 heavy (non-hydrogen) atoms. The van der Waals surface area contributed by atoms with Gasteiger partial charge in [0, 0.05) is 21.1 Å². The average molecular weight is 417 g/mol. The predicted molar refractivity (Wildman–Crippen MR) is 86.2 cm³/mol. The molecule has 0 aromatic heterocycles. The average Bonchev–Trinajstić information content (AvgIpc) is 2.38. The molecule has 0 aromatic carbocycles. The third kappa shape index (κ3) is 15.7. The molecule has 0 amide bonds. The Hall–Kier alpha value is 0.798. The Bertz CT molecular complexity index is 265. The molecule has 0 aromatic rings. The Morgan fingerprint density at radius 1 is 0.818 bits per heavy atom. The molecule has 0 saturated heterocycles. The second-order valence-electron chi connectivity index (χ2n) is 5.98. The molecule has 134 valence electrons. The van der Waals surface area contributed by atoms with Crippen LogP contribution in [0.15, 0.2) is 0 Å². The van der Waals surface area contributed by atoms with E-state index in [1.54, 1.807) is 13.8 Å². The molecular weight excluding hydrogens is 383 g/mol. The van der Waals surface area contributed by atoms with Gasteiger partial charge in [0.25, 0.3) is 7.82 Å². The molecule has 0 radical (unpaired) electrons. The van der Waals surface area contributed by atoms with Crippen molar-refractivity contribution in [1.82, 2.24) is 0 Å². The van der Waals surface area contributed by atoms with E-state index in [4.69, 9.17) is 9.05 Å². The van der Waals surface area contributed by atoms with Gasteiger partial charge in [-0.3, -0.25) is 4.57 Å². The van der Waals surface area contributed by atoms with Crippen molar-refractivity contribution in [2.24, 2.45) is 0 Å². The van der Waals surface area contributed by atoms with Crippen molar-refractivity contribution in [3.8, 4) is 0 Å². The van der Waals surface area contributed by atoms with Crippen LogP contribution in [0.1, 0.15) is 91.9 Å². The van der Waals surface area contributed by atoms with Crippen LogP contribution in [0.2, 0.25) is 0 Å². The first-order valence-corrected chi connectivity index (χ1v) is 10.0. The fourth-order valence-electron chi connectivity index (χ4n) is 2.29. The van der Waals surface area contributed by atoms with Crippen molar-refractivity contribution >= 4 is 7.82 Å². The molecule has 2 unspecified atom stereocenters. The van der Waals surface area contributed by atoms with Crippen molar-refractivity contribution in [3.63, 3.8) is 0 Å². The third-order valence-corrected chi connectivity index (χ3v) is 4.78. The Kier molecular flexibility index (Phi) is 17.5. The summed E-state index contributed by atoms with van der Waals surface area (Å²) in [6.07, 6.45) is 9.92. The van der Waals surface area contributed by atoms with E-state index in [9.17, 15) is 9.46 Å². The fourth-order valence-corrected chi connectivity index (χ4v) is 3.43. The molecular formula is C16H34MoO4P-. The molecule has 0 fully saturated rings. The van der Waals surface area contributed by atoms with Crippen molar-refractivity contribution < 1.29 is 39.6 Å². The van der Waals surface area contributed by atoms with Crippen LogP contribution in [0, 0.1) is 0 Å². The summed E-state index contributed by atoms with van der Waals surface area (Å²) in [5.41, 5.74) is 0. The number of hydrogen-bond acceptors (Lipinski definition) is 4. The summed E-state index contributed by atoms with van der Waals surface area (Å²) in [7, 11) is -4.17. The Balaban J connectivity index is 0. The van der Waals surface area contributed by atoms with Gasteiger partial charge < -0.3 is 13.9 Å². The summed E-state index contributed by atoms with van der Waals surface area (Å²) >= 11 is 0. The maximum atomic E-state index is 11.8. The van der Waals surface area contributed by atoms with Crippen molar-refractivity contribution in [1.29, 1.82) is 0 Å². The number of unbranched alkanes of at least 4 members (excludes halogenated alkanes) is 6. The van der Waals surface area contributed by atoms with Gasteiger partial charge in [-0.05, 0) is 26.7 Å². The summed E-state index contributed by atoms with van der Waals surface area (Å²) in [6, 6.07) is 0. The predicted octanol–water partition coefficient (Wildman–Crippen LogP) is 5.20. The monoisotopic (exact) mass is 419 g/mol. The first-order chi connectivity index (χ1) is 9.91. The molecule has 0 aliphatic heterocycles. The zero-order chi connectivity index (χ0) is 16.1. The largest absolute Gasteiger partial charge is 0.756 e. The van der Waals surface area contributed by atoms with Crippen LogP contribution in [0.5, 0.6) is 0 Å². The summed E-state index contributed by atoms with van der Waals surface area (Å²) in [5.74, 6) is 0. The van der Waals surface area contributed by atoms with Gasteiger partial charge in [-0.15, -0.1) is 0 Å². The van der Waals surface area contributed by atoms with Gasteiger partial charge in [0.2, 0.25) is 0 Å². The zero-order valence-corrected chi connectivity index (χ0v) is 17.6. The molecule has 0 aliphatic rings. The molecule has 4 nitrogen and oxygen atoms in total. The maximum absolute atomic E-state index is 11.8. The van der Waals surface area contributed by atoms with Crippen LogP contribution in [-0.4, -0.2) is 12.2 Å². The van der Waals surface area contributed by atoms with Gasteiger partial charge in [0.1, 0.15) is 0 Å². The van der Waals surface area contributed by atoms with Crippen LogP contribution in [0.3, 0.4) is 0 Å². The molecule has 0 heterocycles. The van der Waals surface area contributed by atoms with Crippen molar-refractivity contribution in [3.05, 3.63) is 0 Å². The van der Waals surface area contributed by atoms with Gasteiger partial charge >= 0.3 is 0 Å². The van der Waals surface area contributed by atoms with E-state index in [-0.39, 0.29) is 33.3 Å². The second kappa shape index (κ2) is 15.3. The summed E-state index contributed by atoms with van der Waals surface area (Å²) in [6.45, 7) is 7.90. The van der Waals surface area contributed by atoms with E-state index >= 15 is 0 Å². The fraction of sp³-hybridized carbons (Fsp3) is 1.00. The van der Waals surface area contributed by atoms with Crippen molar-refractivity contribution in [2.45, 2.75) is 104 Å². The van der Waals surface area contributed by atoms with Gasteiger partial charge in [0.05, 0.1) is 12.2 Å².